The first kappa shape index (κ1) is 12.5. The number of nitrogens with zero attached hydrogens (tertiary/aromatic N) is 2. The zero-order valence-corrected chi connectivity index (χ0v) is 10.7. The zero-order chi connectivity index (χ0) is 13.2. The van der Waals surface area contributed by atoms with Crippen molar-refractivity contribution < 1.29 is 17.7 Å². The minimum Gasteiger partial charge on any atom is -0.363 e. The number of carbonyl (C=O) groups is 1. The monoisotopic (exact) mass is 288 g/mol. The number of hydrogen-bond donors (Lipinski definition) is 2. The summed E-state index contributed by atoms with van der Waals surface area (Å²) in [4.78, 5) is 14.6. The third kappa shape index (κ3) is 2.84. The molecule has 2 rings (SSSR count). The largest absolute Gasteiger partial charge is 0.363 e. The second kappa shape index (κ2) is 4.74. The third-order valence-electron chi connectivity index (χ3n) is 1.71. The van der Waals surface area contributed by atoms with E-state index >= 15 is 0 Å². The number of sulfonamides is 1. The Kier molecular flexibility index (Phi) is 3.30. The maximum atomic E-state index is 11.9. The van der Waals surface area contributed by atoms with Crippen LogP contribution < -0.4 is 10.0 Å². The summed E-state index contributed by atoms with van der Waals surface area (Å²) < 4.78 is 30.4. The summed E-state index contributed by atoms with van der Waals surface area (Å²) in [7, 11) is -3.77. The average Bonchev–Trinajstić information content (AvgIpc) is 2.87. The van der Waals surface area contributed by atoms with Gasteiger partial charge in [0.05, 0.1) is 6.20 Å². The molecule has 2 aromatic heterocycles. The van der Waals surface area contributed by atoms with Crippen molar-refractivity contribution in [2.75, 3.05) is 10.0 Å². The zero-order valence-electron chi connectivity index (χ0n) is 9.08. The summed E-state index contributed by atoms with van der Waals surface area (Å²) in [6.07, 6.45) is 2.39. The Balaban J connectivity index is 2.19. The number of aromatic nitrogens is 2. The van der Waals surface area contributed by atoms with Crippen molar-refractivity contribution >= 4 is 38.2 Å². The number of nitrogens with one attached hydrogen (secondary N) is 2. The molecule has 2 N–H and O–H groups in total. The summed E-state index contributed by atoms with van der Waals surface area (Å²) in [5.74, 6) is -0.248. The van der Waals surface area contributed by atoms with E-state index in [0.29, 0.717) is 0 Å². The molecule has 0 aliphatic rings. The van der Waals surface area contributed by atoms with Gasteiger partial charge in [0.25, 0.3) is 10.0 Å². The smallest absolute Gasteiger partial charge is 0.274 e. The van der Waals surface area contributed by atoms with Crippen molar-refractivity contribution in [2.24, 2.45) is 0 Å². The Morgan fingerprint density at radius 3 is 2.89 bits per heavy atom. The van der Waals surface area contributed by atoms with Crippen LogP contribution in [0.15, 0.2) is 27.3 Å². The highest BCUT2D eigenvalue weighted by Gasteiger charge is 2.19. The Bertz CT molecular complexity index is 646. The van der Waals surface area contributed by atoms with Crippen LogP contribution in [0.2, 0.25) is 0 Å². The van der Waals surface area contributed by atoms with Crippen molar-refractivity contribution in [1.29, 1.82) is 0 Å². The fourth-order valence-electron chi connectivity index (χ4n) is 1.05. The van der Waals surface area contributed by atoms with Gasteiger partial charge in [-0.05, 0) is 0 Å². The Hall–Kier alpha value is -1.94. The van der Waals surface area contributed by atoms with Crippen LogP contribution in [0.25, 0.3) is 0 Å². The molecule has 96 valence electrons. The SMILES string of the molecule is CC(=O)Nc1ncc(S(=O)(=O)Nc2ccon2)s1. The van der Waals surface area contributed by atoms with Gasteiger partial charge in [0.2, 0.25) is 5.91 Å². The van der Waals surface area contributed by atoms with E-state index in [4.69, 9.17) is 0 Å². The molecule has 1 amide bonds. The highest BCUT2D eigenvalue weighted by atomic mass is 32.2. The van der Waals surface area contributed by atoms with Crippen molar-refractivity contribution in [1.82, 2.24) is 10.1 Å². The van der Waals surface area contributed by atoms with Crippen molar-refractivity contribution in [3.05, 3.63) is 18.5 Å². The average molecular weight is 288 g/mol. The molecule has 2 aromatic rings. The number of rotatable bonds is 4. The van der Waals surface area contributed by atoms with Crippen molar-refractivity contribution in [3.63, 3.8) is 0 Å². The van der Waals surface area contributed by atoms with Gasteiger partial charge >= 0.3 is 0 Å². The standard InChI is InChI=1S/C8H8N4O4S2/c1-5(13)10-8-9-4-7(17-8)18(14,15)12-6-2-3-16-11-6/h2-4H,1H3,(H,11,12)(H,9,10,13). The molecule has 0 radical (unpaired) electrons. The molecule has 0 saturated carbocycles. The molecule has 0 saturated heterocycles. The van der Waals surface area contributed by atoms with Gasteiger partial charge in [0.15, 0.2) is 15.2 Å². The Morgan fingerprint density at radius 1 is 1.50 bits per heavy atom. The van der Waals surface area contributed by atoms with E-state index in [1.165, 1.54) is 19.3 Å². The minimum atomic E-state index is -3.77. The number of anilines is 2. The summed E-state index contributed by atoms with van der Waals surface area (Å²) in [6, 6.07) is 1.37. The topological polar surface area (TPSA) is 114 Å². The van der Waals surface area contributed by atoms with Crippen LogP contribution in [-0.2, 0) is 14.8 Å². The number of hydrogen-bond acceptors (Lipinski definition) is 7. The molecule has 0 bridgehead atoms. The van der Waals surface area contributed by atoms with E-state index in [0.717, 1.165) is 17.5 Å². The molecule has 10 heteroatoms. The molecule has 18 heavy (non-hydrogen) atoms. The van der Waals surface area contributed by atoms with Gasteiger partial charge in [-0.2, -0.15) is 0 Å². The molecule has 0 fully saturated rings. The van der Waals surface area contributed by atoms with E-state index in [1.54, 1.807) is 0 Å². The fourth-order valence-corrected chi connectivity index (χ4v) is 3.11. The molecule has 0 spiro atoms. The Morgan fingerprint density at radius 2 is 2.28 bits per heavy atom. The van der Waals surface area contributed by atoms with Gasteiger partial charge in [-0.1, -0.05) is 16.5 Å². The molecule has 0 atom stereocenters. The van der Waals surface area contributed by atoms with Crippen LogP contribution >= 0.6 is 11.3 Å². The van der Waals surface area contributed by atoms with Crippen LogP contribution in [0, 0.1) is 0 Å². The van der Waals surface area contributed by atoms with E-state index in [1.807, 2.05) is 0 Å². The Labute approximate surface area is 106 Å². The molecule has 2 heterocycles. The minimum absolute atomic E-state index is 0.0331. The van der Waals surface area contributed by atoms with Crippen LogP contribution in [0.5, 0.6) is 0 Å². The van der Waals surface area contributed by atoms with Crippen LogP contribution in [-0.4, -0.2) is 24.5 Å². The molecule has 0 aliphatic heterocycles. The lowest BCUT2D eigenvalue weighted by molar-refractivity contribution is -0.114. The normalized spacial score (nSPS) is 11.2. The van der Waals surface area contributed by atoms with E-state index in [2.05, 4.69) is 24.7 Å². The first-order valence-electron chi connectivity index (χ1n) is 4.64. The molecule has 0 aliphatic carbocycles. The lowest BCUT2D eigenvalue weighted by Gasteiger charge is -2.00. The quantitative estimate of drug-likeness (QED) is 0.863. The van der Waals surface area contributed by atoms with E-state index < -0.39 is 10.0 Å². The predicted molar refractivity (Wildman–Crippen MR) is 63.7 cm³/mol. The second-order valence-electron chi connectivity index (χ2n) is 3.16. The number of carbonyl (C=O) groups excluding carboxylic acids is 1. The third-order valence-corrected chi connectivity index (χ3v) is 4.44. The van der Waals surface area contributed by atoms with Crippen LogP contribution in [0.1, 0.15) is 6.92 Å². The maximum absolute atomic E-state index is 11.9. The second-order valence-corrected chi connectivity index (χ2v) is 6.10. The van der Waals surface area contributed by atoms with Crippen molar-refractivity contribution in [2.45, 2.75) is 11.1 Å². The van der Waals surface area contributed by atoms with Crippen LogP contribution in [0.4, 0.5) is 10.9 Å². The van der Waals surface area contributed by atoms with Gasteiger partial charge in [-0.15, -0.1) is 0 Å². The first-order valence-corrected chi connectivity index (χ1v) is 6.94. The van der Waals surface area contributed by atoms with E-state index in [9.17, 15) is 13.2 Å². The molecular weight excluding hydrogens is 280 g/mol. The van der Waals surface area contributed by atoms with Crippen LogP contribution in [0.3, 0.4) is 0 Å². The maximum Gasteiger partial charge on any atom is 0.274 e. The summed E-state index contributed by atoms with van der Waals surface area (Å²) in [5.41, 5.74) is 0. The van der Waals surface area contributed by atoms with Gasteiger partial charge in [-0.25, -0.2) is 13.4 Å². The van der Waals surface area contributed by atoms with Crippen molar-refractivity contribution in [3.8, 4) is 0 Å². The number of thiazole rings is 1. The molecular formula is C8H8N4O4S2. The van der Waals surface area contributed by atoms with Gasteiger partial charge in [0, 0.05) is 13.0 Å². The van der Waals surface area contributed by atoms with Gasteiger partial charge in [-0.3, -0.25) is 9.52 Å². The summed E-state index contributed by atoms with van der Waals surface area (Å²) in [5, 5.41) is 6.04. The van der Waals surface area contributed by atoms with Gasteiger partial charge < -0.3 is 9.84 Å². The molecule has 0 aromatic carbocycles. The highest BCUT2D eigenvalue weighted by molar-refractivity contribution is 7.94. The number of amides is 1. The lowest BCUT2D eigenvalue weighted by Crippen LogP contribution is -2.11. The fraction of sp³-hybridized carbons (Fsp3) is 0.125. The summed E-state index contributed by atoms with van der Waals surface area (Å²) >= 11 is 0.838. The molecule has 0 unspecified atom stereocenters. The van der Waals surface area contributed by atoms with E-state index in [-0.39, 0.29) is 21.1 Å². The predicted octanol–water partition coefficient (Wildman–Crippen LogP) is 0.890. The van der Waals surface area contributed by atoms with Gasteiger partial charge in [0.1, 0.15) is 6.26 Å². The highest BCUT2D eigenvalue weighted by Crippen LogP contribution is 2.24. The summed E-state index contributed by atoms with van der Waals surface area (Å²) in [6.45, 7) is 1.31. The molecule has 8 nitrogen and oxygen atoms in total. The lowest BCUT2D eigenvalue weighted by atomic mass is 10.7. The first-order chi connectivity index (χ1) is 8.47.